The monoisotopic (exact) mass is 374 g/mol. The first kappa shape index (κ1) is 18.4. The molecule has 4 nitrogen and oxygen atoms in total. The predicted molar refractivity (Wildman–Crippen MR) is 98.2 cm³/mol. The minimum absolute atomic E-state index is 0.257. The lowest BCUT2D eigenvalue weighted by molar-refractivity contribution is -0.274. The van der Waals surface area contributed by atoms with E-state index in [4.69, 9.17) is 16.2 Å². The largest absolute Gasteiger partial charge is 0.573 e. The molecule has 0 unspecified atom stereocenters. The van der Waals surface area contributed by atoms with Crippen LogP contribution in [-0.2, 0) is 6.61 Å². The molecule has 0 aliphatic heterocycles. The van der Waals surface area contributed by atoms with E-state index in [-0.39, 0.29) is 5.75 Å². The maximum Gasteiger partial charge on any atom is 0.573 e. The first-order valence-corrected chi connectivity index (χ1v) is 8.02. The van der Waals surface area contributed by atoms with Crippen molar-refractivity contribution in [3.05, 3.63) is 72.3 Å². The van der Waals surface area contributed by atoms with Crippen LogP contribution in [0.1, 0.15) is 5.56 Å². The molecule has 0 aliphatic rings. The Morgan fingerprint density at radius 3 is 1.67 bits per heavy atom. The molecule has 27 heavy (non-hydrogen) atoms. The fourth-order valence-electron chi connectivity index (χ4n) is 2.59. The zero-order chi connectivity index (χ0) is 19.4. The van der Waals surface area contributed by atoms with E-state index in [1.54, 1.807) is 42.5 Å². The lowest BCUT2D eigenvalue weighted by atomic mass is 10.1. The normalized spacial score (nSPS) is 11.2. The van der Waals surface area contributed by atoms with Gasteiger partial charge in [-0.2, -0.15) is 0 Å². The molecule has 0 aliphatic carbocycles. The van der Waals surface area contributed by atoms with Crippen molar-refractivity contribution >= 4 is 11.4 Å². The van der Waals surface area contributed by atoms with Gasteiger partial charge >= 0.3 is 6.36 Å². The summed E-state index contributed by atoms with van der Waals surface area (Å²) in [6.45, 7) is 0.318. The number of halogens is 3. The van der Waals surface area contributed by atoms with Crippen molar-refractivity contribution in [2.45, 2.75) is 13.0 Å². The van der Waals surface area contributed by atoms with Crippen LogP contribution in [0.5, 0.6) is 11.5 Å². The molecule has 0 radical (unpaired) electrons. The second-order valence-electron chi connectivity index (χ2n) is 5.89. The lowest BCUT2D eigenvalue weighted by Crippen LogP contribution is -2.16. The molecule has 0 spiro atoms. The number of benzene rings is 3. The molecule has 0 saturated carbocycles. The molecule has 0 atom stereocenters. The first-order chi connectivity index (χ1) is 12.8. The minimum atomic E-state index is -4.70. The van der Waals surface area contributed by atoms with Crippen LogP contribution in [0.2, 0.25) is 0 Å². The summed E-state index contributed by atoms with van der Waals surface area (Å²) < 4.78 is 46.2. The average Bonchev–Trinajstić information content (AvgIpc) is 2.59. The molecule has 0 amide bonds. The molecule has 0 bridgehead atoms. The highest BCUT2D eigenvalue weighted by atomic mass is 19.4. The van der Waals surface area contributed by atoms with Crippen LogP contribution in [-0.4, -0.2) is 6.36 Å². The molecule has 0 heterocycles. The lowest BCUT2D eigenvalue weighted by Gasteiger charge is -2.10. The maximum absolute atomic E-state index is 12.2. The molecule has 3 aromatic rings. The van der Waals surface area contributed by atoms with Gasteiger partial charge in [-0.3, -0.25) is 0 Å². The van der Waals surface area contributed by atoms with Crippen molar-refractivity contribution in [2.75, 3.05) is 11.5 Å². The van der Waals surface area contributed by atoms with Gasteiger partial charge in [-0.1, -0.05) is 24.3 Å². The quantitative estimate of drug-likeness (QED) is 0.617. The Morgan fingerprint density at radius 2 is 1.19 bits per heavy atom. The molecular weight excluding hydrogens is 357 g/mol. The highest BCUT2D eigenvalue weighted by Crippen LogP contribution is 2.28. The van der Waals surface area contributed by atoms with Gasteiger partial charge in [0.2, 0.25) is 0 Å². The van der Waals surface area contributed by atoms with E-state index < -0.39 is 6.36 Å². The Hall–Kier alpha value is -3.35. The van der Waals surface area contributed by atoms with Crippen LogP contribution in [0, 0.1) is 0 Å². The summed E-state index contributed by atoms with van der Waals surface area (Å²) >= 11 is 0. The topological polar surface area (TPSA) is 70.5 Å². The zero-order valence-electron chi connectivity index (χ0n) is 14.2. The molecule has 0 aromatic heterocycles. The third-order valence-corrected chi connectivity index (χ3v) is 3.72. The highest BCUT2D eigenvalue weighted by Gasteiger charge is 2.30. The number of nitrogen functional groups attached to an aromatic ring is 2. The van der Waals surface area contributed by atoms with E-state index in [0.29, 0.717) is 23.7 Å². The van der Waals surface area contributed by atoms with E-state index in [1.807, 2.05) is 12.1 Å². The minimum Gasteiger partial charge on any atom is -0.489 e. The summed E-state index contributed by atoms with van der Waals surface area (Å²) in [7, 11) is 0. The Balaban J connectivity index is 1.64. The van der Waals surface area contributed by atoms with E-state index in [9.17, 15) is 13.2 Å². The maximum atomic E-state index is 12.2. The van der Waals surface area contributed by atoms with Crippen LogP contribution in [0.25, 0.3) is 11.1 Å². The number of nitrogens with two attached hydrogens (primary N) is 2. The van der Waals surface area contributed by atoms with Crippen molar-refractivity contribution in [1.82, 2.24) is 0 Å². The van der Waals surface area contributed by atoms with Crippen LogP contribution in [0.4, 0.5) is 24.5 Å². The van der Waals surface area contributed by atoms with Crippen molar-refractivity contribution < 1.29 is 22.6 Å². The summed E-state index contributed by atoms with van der Waals surface area (Å²) in [4.78, 5) is 0. The number of hydrogen-bond donors (Lipinski definition) is 2. The van der Waals surface area contributed by atoms with Crippen LogP contribution >= 0.6 is 0 Å². The van der Waals surface area contributed by atoms with Gasteiger partial charge in [-0.05, 0) is 59.2 Å². The third-order valence-electron chi connectivity index (χ3n) is 3.72. The fraction of sp³-hybridized carbons (Fsp3) is 0.100. The van der Waals surface area contributed by atoms with Gasteiger partial charge in [0.25, 0.3) is 0 Å². The number of ether oxygens (including phenoxy) is 2. The Morgan fingerprint density at radius 1 is 0.704 bits per heavy atom. The standard InChI is InChI=1S/C20H17F3N2O2/c21-20(22,23)27-19-7-3-15(4-8-19)14-1-5-18(6-2-14)26-12-13-9-16(24)11-17(25)10-13/h1-11H,12,24-25H2. The number of alkyl halides is 3. The molecular formula is C20H17F3N2O2. The molecule has 0 fully saturated rings. The van der Waals surface area contributed by atoms with Gasteiger partial charge in [0, 0.05) is 11.4 Å². The summed E-state index contributed by atoms with van der Waals surface area (Å²) in [6.07, 6.45) is -4.70. The van der Waals surface area contributed by atoms with E-state index in [2.05, 4.69) is 4.74 Å². The van der Waals surface area contributed by atoms with Gasteiger partial charge in [0.05, 0.1) is 0 Å². The van der Waals surface area contributed by atoms with Crippen LogP contribution < -0.4 is 20.9 Å². The average molecular weight is 374 g/mol. The van der Waals surface area contributed by atoms with Crippen molar-refractivity contribution in [3.8, 4) is 22.6 Å². The molecule has 4 N–H and O–H groups in total. The molecule has 140 valence electrons. The van der Waals surface area contributed by atoms with E-state index in [1.165, 1.54) is 12.1 Å². The SMILES string of the molecule is Nc1cc(N)cc(COc2ccc(-c3ccc(OC(F)(F)F)cc3)cc2)c1. The predicted octanol–water partition coefficient (Wildman–Crippen LogP) is 5.00. The van der Waals surface area contributed by atoms with Gasteiger partial charge in [-0.15, -0.1) is 13.2 Å². The first-order valence-electron chi connectivity index (χ1n) is 8.02. The van der Waals surface area contributed by atoms with Crippen molar-refractivity contribution in [1.29, 1.82) is 0 Å². The highest BCUT2D eigenvalue weighted by molar-refractivity contribution is 5.65. The van der Waals surface area contributed by atoms with Crippen LogP contribution in [0.15, 0.2) is 66.7 Å². The number of anilines is 2. The summed E-state index contributed by atoms with van der Waals surface area (Å²) in [5.74, 6) is 0.393. The Bertz CT molecular complexity index is 888. The van der Waals surface area contributed by atoms with Crippen LogP contribution in [0.3, 0.4) is 0 Å². The molecule has 7 heteroatoms. The summed E-state index contributed by atoms with van der Waals surface area (Å²) in [5, 5.41) is 0. The number of hydrogen-bond acceptors (Lipinski definition) is 4. The van der Waals surface area contributed by atoms with E-state index in [0.717, 1.165) is 16.7 Å². The van der Waals surface area contributed by atoms with E-state index >= 15 is 0 Å². The van der Waals surface area contributed by atoms with Gasteiger partial charge < -0.3 is 20.9 Å². The molecule has 3 rings (SSSR count). The molecule has 0 saturated heterocycles. The molecule has 3 aromatic carbocycles. The Labute approximate surface area is 154 Å². The second kappa shape index (κ2) is 7.49. The van der Waals surface area contributed by atoms with Crippen molar-refractivity contribution in [3.63, 3.8) is 0 Å². The zero-order valence-corrected chi connectivity index (χ0v) is 14.2. The fourth-order valence-corrected chi connectivity index (χ4v) is 2.59. The van der Waals surface area contributed by atoms with Crippen molar-refractivity contribution in [2.24, 2.45) is 0 Å². The number of rotatable bonds is 5. The smallest absolute Gasteiger partial charge is 0.489 e. The Kier molecular flexibility index (Phi) is 5.12. The van der Waals surface area contributed by atoms with Gasteiger partial charge in [-0.25, -0.2) is 0 Å². The van der Waals surface area contributed by atoms with Gasteiger partial charge in [0.1, 0.15) is 18.1 Å². The third kappa shape index (κ3) is 5.31. The second-order valence-corrected chi connectivity index (χ2v) is 5.89. The summed E-state index contributed by atoms with van der Waals surface area (Å²) in [5.41, 5.74) is 15.1. The summed E-state index contributed by atoms with van der Waals surface area (Å²) in [6, 6.07) is 18.1. The van der Waals surface area contributed by atoms with Gasteiger partial charge in [0.15, 0.2) is 0 Å².